The second-order valence-corrected chi connectivity index (χ2v) is 7.13. The van der Waals surface area contributed by atoms with E-state index >= 15 is 0 Å². The highest BCUT2D eigenvalue weighted by Gasteiger charge is 2.36. The predicted octanol–water partition coefficient (Wildman–Crippen LogP) is 4.34. The average molecular weight is 468 g/mol. The number of halogens is 1. The molecular weight excluding hydrogens is 455 g/mol. The number of hydrogen-bond acceptors (Lipinski definition) is 3. The Kier molecular flexibility index (Phi) is 4.49. The van der Waals surface area contributed by atoms with Gasteiger partial charge < -0.3 is 5.32 Å². The van der Waals surface area contributed by atoms with Gasteiger partial charge in [0.25, 0.3) is 17.7 Å². The van der Waals surface area contributed by atoms with Crippen LogP contribution in [0.25, 0.3) is 0 Å². The van der Waals surface area contributed by atoms with Crippen LogP contribution in [0.2, 0.25) is 0 Å². The van der Waals surface area contributed by atoms with Gasteiger partial charge in [-0.15, -0.1) is 0 Å². The fraction of sp³-hybridized carbons (Fsp3) is 0. The lowest BCUT2D eigenvalue weighted by Gasteiger charge is -2.14. The van der Waals surface area contributed by atoms with Crippen molar-refractivity contribution in [2.75, 3.05) is 10.2 Å². The predicted molar refractivity (Wildman–Crippen MR) is 111 cm³/mol. The van der Waals surface area contributed by atoms with Crippen molar-refractivity contribution in [3.05, 3.63) is 93.1 Å². The maximum atomic E-state index is 12.5. The molecule has 0 saturated carbocycles. The van der Waals surface area contributed by atoms with E-state index in [1.54, 1.807) is 54.6 Å². The van der Waals surface area contributed by atoms with Crippen LogP contribution in [0.5, 0.6) is 0 Å². The van der Waals surface area contributed by atoms with Crippen molar-refractivity contribution in [1.82, 2.24) is 0 Å². The van der Waals surface area contributed by atoms with Crippen molar-refractivity contribution >= 4 is 51.7 Å². The zero-order chi connectivity index (χ0) is 19.0. The maximum absolute atomic E-state index is 12.5. The van der Waals surface area contributed by atoms with Gasteiger partial charge >= 0.3 is 0 Å². The van der Waals surface area contributed by atoms with E-state index in [0.29, 0.717) is 28.1 Å². The van der Waals surface area contributed by atoms with Gasteiger partial charge in [-0.1, -0.05) is 24.3 Å². The number of fused-ring (bicyclic) bond motifs is 1. The molecule has 6 heteroatoms. The summed E-state index contributed by atoms with van der Waals surface area (Å²) in [4.78, 5) is 38.6. The topological polar surface area (TPSA) is 66.5 Å². The van der Waals surface area contributed by atoms with E-state index in [1.807, 2.05) is 18.2 Å². The summed E-state index contributed by atoms with van der Waals surface area (Å²) in [6, 6.07) is 20.7. The third-order valence-corrected chi connectivity index (χ3v) is 5.24. The Hall–Kier alpha value is -3.00. The van der Waals surface area contributed by atoms with E-state index in [0.717, 1.165) is 8.47 Å². The van der Waals surface area contributed by atoms with Gasteiger partial charge in [0.15, 0.2) is 0 Å². The molecule has 0 saturated heterocycles. The van der Waals surface area contributed by atoms with E-state index in [2.05, 4.69) is 27.9 Å². The number of carbonyl (C=O) groups excluding carboxylic acids is 3. The summed E-state index contributed by atoms with van der Waals surface area (Å²) in [6.07, 6.45) is 0. The number of carbonyl (C=O) groups is 3. The number of anilines is 2. The summed E-state index contributed by atoms with van der Waals surface area (Å²) in [5.74, 6) is -0.897. The highest BCUT2D eigenvalue weighted by atomic mass is 127. The molecule has 0 unspecified atom stereocenters. The second kappa shape index (κ2) is 6.96. The highest BCUT2D eigenvalue weighted by molar-refractivity contribution is 14.1. The van der Waals surface area contributed by atoms with E-state index < -0.39 is 0 Å². The molecule has 0 spiro atoms. The van der Waals surface area contributed by atoms with Gasteiger partial charge in [0.2, 0.25) is 0 Å². The Morgan fingerprint density at radius 1 is 0.778 bits per heavy atom. The second-order valence-electron chi connectivity index (χ2n) is 5.97. The number of benzene rings is 3. The Labute approximate surface area is 169 Å². The van der Waals surface area contributed by atoms with Crippen molar-refractivity contribution in [2.45, 2.75) is 0 Å². The summed E-state index contributed by atoms with van der Waals surface area (Å²) < 4.78 is 0.857. The molecule has 0 aromatic heterocycles. The molecule has 3 amide bonds. The summed E-state index contributed by atoms with van der Waals surface area (Å²) >= 11 is 2.11. The van der Waals surface area contributed by atoms with Gasteiger partial charge in [-0.05, 0) is 71.1 Å². The number of nitrogens with zero attached hydrogens (tertiary/aromatic N) is 1. The first-order valence-corrected chi connectivity index (χ1v) is 9.28. The zero-order valence-corrected chi connectivity index (χ0v) is 16.1. The van der Waals surface area contributed by atoms with Gasteiger partial charge in [-0.3, -0.25) is 14.4 Å². The van der Waals surface area contributed by atoms with Gasteiger partial charge in [0.1, 0.15) is 0 Å². The molecule has 0 aliphatic carbocycles. The van der Waals surface area contributed by atoms with Crippen LogP contribution in [-0.2, 0) is 0 Å². The molecule has 0 bridgehead atoms. The minimum Gasteiger partial charge on any atom is -0.322 e. The molecule has 0 atom stereocenters. The minimum absolute atomic E-state index is 0.214. The Bertz CT molecular complexity index is 1040. The molecule has 1 N–H and O–H groups in total. The lowest BCUT2D eigenvalue weighted by atomic mass is 10.1. The van der Waals surface area contributed by atoms with Crippen LogP contribution < -0.4 is 10.2 Å². The van der Waals surface area contributed by atoms with Gasteiger partial charge in [0.05, 0.1) is 22.4 Å². The smallest absolute Gasteiger partial charge is 0.266 e. The van der Waals surface area contributed by atoms with E-state index in [-0.39, 0.29) is 17.7 Å². The Balaban J connectivity index is 1.55. The SMILES string of the molecule is O=C(Nc1ccc(N2C(=O)c3ccccc3C2=O)cc1)c1ccccc1I. The first-order chi connectivity index (χ1) is 13.1. The van der Waals surface area contributed by atoms with Crippen LogP contribution in [0.4, 0.5) is 11.4 Å². The van der Waals surface area contributed by atoms with Crippen LogP contribution in [0, 0.1) is 3.57 Å². The van der Waals surface area contributed by atoms with Crippen molar-refractivity contribution < 1.29 is 14.4 Å². The quantitative estimate of drug-likeness (QED) is 0.460. The van der Waals surface area contributed by atoms with Crippen molar-refractivity contribution in [1.29, 1.82) is 0 Å². The molecule has 27 heavy (non-hydrogen) atoms. The molecule has 1 aliphatic rings. The van der Waals surface area contributed by atoms with Crippen molar-refractivity contribution in [3.63, 3.8) is 0 Å². The minimum atomic E-state index is -0.341. The Morgan fingerprint density at radius 3 is 1.93 bits per heavy atom. The summed E-state index contributed by atoms with van der Waals surface area (Å²) in [6.45, 7) is 0. The summed E-state index contributed by atoms with van der Waals surface area (Å²) in [7, 11) is 0. The summed E-state index contributed by atoms with van der Waals surface area (Å²) in [5.41, 5.74) is 2.44. The molecule has 3 aromatic carbocycles. The third-order valence-electron chi connectivity index (χ3n) is 4.30. The number of nitrogens with one attached hydrogen (secondary N) is 1. The van der Waals surface area contributed by atoms with Crippen LogP contribution in [0.3, 0.4) is 0 Å². The largest absolute Gasteiger partial charge is 0.322 e. The van der Waals surface area contributed by atoms with Crippen LogP contribution in [0.1, 0.15) is 31.1 Å². The first kappa shape index (κ1) is 17.4. The number of imide groups is 1. The molecule has 1 heterocycles. The van der Waals surface area contributed by atoms with Gasteiger partial charge in [0, 0.05) is 9.26 Å². The van der Waals surface area contributed by atoms with E-state index in [9.17, 15) is 14.4 Å². The standard InChI is InChI=1S/C21H13IN2O3/c22-18-8-4-3-7-17(18)19(25)23-13-9-11-14(12-10-13)24-20(26)15-5-1-2-6-16(15)21(24)27/h1-12H,(H,23,25). The fourth-order valence-electron chi connectivity index (χ4n) is 2.96. The lowest BCUT2D eigenvalue weighted by Crippen LogP contribution is -2.29. The maximum Gasteiger partial charge on any atom is 0.266 e. The molecule has 0 fully saturated rings. The highest BCUT2D eigenvalue weighted by Crippen LogP contribution is 2.29. The average Bonchev–Trinajstić information content (AvgIpc) is 2.94. The number of amides is 3. The molecule has 1 aliphatic heterocycles. The fourth-order valence-corrected chi connectivity index (χ4v) is 3.59. The van der Waals surface area contributed by atoms with E-state index in [4.69, 9.17) is 0 Å². The monoisotopic (exact) mass is 468 g/mol. The molecule has 3 aromatic rings. The van der Waals surface area contributed by atoms with Gasteiger partial charge in [-0.2, -0.15) is 0 Å². The molecular formula is C21H13IN2O3. The number of hydrogen-bond donors (Lipinski definition) is 1. The normalized spacial score (nSPS) is 12.9. The van der Waals surface area contributed by atoms with E-state index in [1.165, 1.54) is 0 Å². The first-order valence-electron chi connectivity index (χ1n) is 8.20. The molecule has 5 nitrogen and oxygen atoms in total. The van der Waals surface area contributed by atoms with Crippen LogP contribution in [-0.4, -0.2) is 17.7 Å². The van der Waals surface area contributed by atoms with Crippen molar-refractivity contribution in [3.8, 4) is 0 Å². The van der Waals surface area contributed by atoms with Crippen LogP contribution >= 0.6 is 22.6 Å². The molecule has 0 radical (unpaired) electrons. The third kappa shape index (κ3) is 3.12. The lowest BCUT2D eigenvalue weighted by molar-refractivity contribution is 0.0924. The zero-order valence-electron chi connectivity index (χ0n) is 14.0. The Morgan fingerprint density at radius 2 is 1.33 bits per heavy atom. The van der Waals surface area contributed by atoms with Crippen LogP contribution in [0.15, 0.2) is 72.8 Å². The van der Waals surface area contributed by atoms with Gasteiger partial charge in [-0.25, -0.2) is 4.90 Å². The number of rotatable bonds is 3. The van der Waals surface area contributed by atoms with Crippen molar-refractivity contribution in [2.24, 2.45) is 0 Å². The summed E-state index contributed by atoms with van der Waals surface area (Å²) in [5, 5.41) is 2.82. The molecule has 132 valence electrons. The molecule has 4 rings (SSSR count).